The van der Waals surface area contributed by atoms with E-state index in [1.807, 2.05) is 0 Å². The molecule has 0 unspecified atom stereocenters. The lowest BCUT2D eigenvalue weighted by atomic mass is 10.1. The molecule has 2 rings (SSSR count). The van der Waals surface area contributed by atoms with Crippen LogP contribution in [0.1, 0.15) is 11.5 Å². The largest absolute Gasteiger partial charge is 0.346 e. The van der Waals surface area contributed by atoms with E-state index in [9.17, 15) is 8.78 Å². The fraction of sp³-hybridized carbons (Fsp3) is 0.250. The second kappa shape index (κ2) is 4.63. The Morgan fingerprint density at radius 2 is 2.12 bits per heavy atom. The first-order valence-corrected chi connectivity index (χ1v) is 5.33. The Hall–Kier alpha value is -1.75. The molecular weight excluding hydrogens is 224 g/mol. The lowest BCUT2D eigenvalue weighted by Gasteiger charge is -2.03. The van der Waals surface area contributed by atoms with Crippen LogP contribution >= 0.6 is 0 Å². The van der Waals surface area contributed by atoms with Crippen LogP contribution in [0.25, 0.3) is 11.3 Å². The van der Waals surface area contributed by atoms with E-state index >= 15 is 0 Å². The molecule has 0 saturated carbocycles. The zero-order valence-electron chi connectivity index (χ0n) is 9.43. The Labute approximate surface area is 97.7 Å². The van der Waals surface area contributed by atoms with E-state index in [1.54, 1.807) is 6.92 Å². The second-order valence-electron chi connectivity index (χ2n) is 3.81. The molecule has 1 aromatic heterocycles. The minimum atomic E-state index is -0.490. The van der Waals surface area contributed by atoms with Gasteiger partial charge >= 0.3 is 0 Å². The van der Waals surface area contributed by atoms with Gasteiger partial charge in [-0.25, -0.2) is 13.8 Å². The average Bonchev–Trinajstić information content (AvgIpc) is 2.64. The van der Waals surface area contributed by atoms with Crippen LogP contribution in [0.2, 0.25) is 0 Å². The number of H-pyrrole nitrogens is 1. The molecule has 3 N–H and O–H groups in total. The lowest BCUT2D eigenvalue weighted by Crippen LogP contribution is -2.04. The molecule has 0 aliphatic heterocycles. The van der Waals surface area contributed by atoms with Gasteiger partial charge in [-0.15, -0.1) is 0 Å². The van der Waals surface area contributed by atoms with E-state index in [-0.39, 0.29) is 5.56 Å². The van der Waals surface area contributed by atoms with Crippen LogP contribution in [0.5, 0.6) is 0 Å². The standard InChI is InChI=1S/C12H13F2N3/c1-7-16-11(4-5-15)12(17-7)9-6-8(13)2-3-10(9)14/h2-3,6H,4-5,15H2,1H3,(H,16,17). The van der Waals surface area contributed by atoms with Crippen molar-refractivity contribution in [2.75, 3.05) is 6.54 Å². The molecule has 0 saturated heterocycles. The number of nitrogens with two attached hydrogens (primary N) is 1. The third kappa shape index (κ3) is 2.34. The summed E-state index contributed by atoms with van der Waals surface area (Å²) in [5, 5.41) is 0. The van der Waals surface area contributed by atoms with E-state index in [1.165, 1.54) is 0 Å². The summed E-state index contributed by atoms with van der Waals surface area (Å²) in [6.45, 7) is 2.19. The number of aromatic nitrogens is 2. The van der Waals surface area contributed by atoms with Crippen LogP contribution in [0.4, 0.5) is 8.78 Å². The number of aryl methyl sites for hydroxylation is 1. The number of hydrogen-bond donors (Lipinski definition) is 2. The molecule has 0 atom stereocenters. The van der Waals surface area contributed by atoms with Gasteiger partial charge in [0.25, 0.3) is 0 Å². The van der Waals surface area contributed by atoms with Crippen molar-refractivity contribution in [1.29, 1.82) is 0 Å². The van der Waals surface area contributed by atoms with Gasteiger partial charge in [0, 0.05) is 17.7 Å². The summed E-state index contributed by atoms with van der Waals surface area (Å²) >= 11 is 0. The van der Waals surface area contributed by atoms with Crippen molar-refractivity contribution in [3.63, 3.8) is 0 Å². The van der Waals surface area contributed by atoms with E-state index in [0.29, 0.717) is 24.5 Å². The van der Waals surface area contributed by atoms with Gasteiger partial charge in [0.15, 0.2) is 0 Å². The summed E-state index contributed by atoms with van der Waals surface area (Å²) in [4.78, 5) is 7.19. The van der Waals surface area contributed by atoms with Crippen molar-refractivity contribution in [2.45, 2.75) is 13.3 Å². The maximum absolute atomic E-state index is 13.6. The molecule has 1 heterocycles. The van der Waals surface area contributed by atoms with E-state index < -0.39 is 11.6 Å². The van der Waals surface area contributed by atoms with E-state index in [2.05, 4.69) is 9.97 Å². The van der Waals surface area contributed by atoms with Crippen LogP contribution in [0, 0.1) is 18.6 Å². The molecule has 90 valence electrons. The highest BCUT2D eigenvalue weighted by atomic mass is 19.1. The third-order valence-electron chi connectivity index (χ3n) is 2.48. The molecule has 0 bridgehead atoms. The fourth-order valence-corrected chi connectivity index (χ4v) is 1.77. The highest BCUT2D eigenvalue weighted by Gasteiger charge is 2.14. The number of aromatic amines is 1. The van der Waals surface area contributed by atoms with Crippen LogP contribution < -0.4 is 5.73 Å². The quantitative estimate of drug-likeness (QED) is 0.859. The Kier molecular flexibility index (Phi) is 3.19. The van der Waals surface area contributed by atoms with E-state index in [0.717, 1.165) is 23.9 Å². The van der Waals surface area contributed by atoms with Crippen LogP contribution in [-0.4, -0.2) is 16.5 Å². The zero-order chi connectivity index (χ0) is 12.4. The molecule has 0 aliphatic carbocycles. The number of halogens is 2. The molecular formula is C12H13F2N3. The summed E-state index contributed by atoms with van der Waals surface area (Å²) in [5.41, 5.74) is 6.80. The number of nitrogens with one attached hydrogen (secondary N) is 1. The van der Waals surface area contributed by atoms with Crippen LogP contribution in [0.3, 0.4) is 0 Å². The first kappa shape index (κ1) is 11.7. The number of imidazole rings is 1. The Morgan fingerprint density at radius 1 is 1.35 bits per heavy atom. The molecule has 5 heteroatoms. The van der Waals surface area contributed by atoms with Gasteiger partial charge in [-0.1, -0.05) is 0 Å². The maximum atomic E-state index is 13.6. The van der Waals surface area contributed by atoms with Crippen LogP contribution in [0.15, 0.2) is 18.2 Å². The minimum absolute atomic E-state index is 0.165. The third-order valence-corrected chi connectivity index (χ3v) is 2.48. The normalized spacial score (nSPS) is 10.8. The van der Waals surface area contributed by atoms with Gasteiger partial charge in [-0.05, 0) is 31.7 Å². The Morgan fingerprint density at radius 3 is 2.82 bits per heavy atom. The molecule has 0 radical (unpaired) electrons. The first-order chi connectivity index (χ1) is 8.11. The summed E-state index contributed by atoms with van der Waals surface area (Å²) in [7, 11) is 0. The smallest absolute Gasteiger partial charge is 0.132 e. The van der Waals surface area contributed by atoms with Crippen molar-refractivity contribution >= 4 is 0 Å². The van der Waals surface area contributed by atoms with Crippen molar-refractivity contribution in [3.05, 3.63) is 41.4 Å². The Bertz CT molecular complexity index is 535. The minimum Gasteiger partial charge on any atom is -0.346 e. The summed E-state index contributed by atoms with van der Waals surface area (Å²) in [6, 6.07) is 3.33. The van der Waals surface area contributed by atoms with E-state index in [4.69, 9.17) is 5.73 Å². The van der Waals surface area contributed by atoms with Crippen molar-refractivity contribution in [1.82, 2.24) is 9.97 Å². The molecule has 0 spiro atoms. The van der Waals surface area contributed by atoms with Crippen molar-refractivity contribution < 1.29 is 8.78 Å². The molecule has 1 aromatic carbocycles. The highest BCUT2D eigenvalue weighted by Crippen LogP contribution is 2.25. The number of rotatable bonds is 3. The van der Waals surface area contributed by atoms with Gasteiger partial charge in [0.2, 0.25) is 0 Å². The maximum Gasteiger partial charge on any atom is 0.132 e. The molecule has 2 aromatic rings. The Balaban J connectivity index is 2.55. The molecule has 0 amide bonds. The topological polar surface area (TPSA) is 54.7 Å². The van der Waals surface area contributed by atoms with Gasteiger partial charge in [0.05, 0.1) is 5.69 Å². The van der Waals surface area contributed by atoms with Gasteiger partial charge < -0.3 is 10.7 Å². The van der Waals surface area contributed by atoms with Crippen LogP contribution in [-0.2, 0) is 6.42 Å². The highest BCUT2D eigenvalue weighted by molar-refractivity contribution is 5.63. The first-order valence-electron chi connectivity index (χ1n) is 5.33. The van der Waals surface area contributed by atoms with Crippen molar-refractivity contribution in [3.8, 4) is 11.3 Å². The predicted octanol–water partition coefficient (Wildman–Crippen LogP) is 2.16. The SMILES string of the molecule is Cc1nc(-c2cc(F)ccc2F)c(CCN)[nH]1. The predicted molar refractivity (Wildman–Crippen MR) is 61.4 cm³/mol. The zero-order valence-corrected chi connectivity index (χ0v) is 9.43. The van der Waals surface area contributed by atoms with Gasteiger partial charge in [0.1, 0.15) is 17.5 Å². The fourth-order valence-electron chi connectivity index (χ4n) is 1.77. The molecule has 0 fully saturated rings. The van der Waals surface area contributed by atoms with Gasteiger partial charge in [-0.3, -0.25) is 0 Å². The molecule has 0 aliphatic rings. The summed E-state index contributed by atoms with van der Waals surface area (Å²) in [6.07, 6.45) is 0.548. The summed E-state index contributed by atoms with van der Waals surface area (Å²) in [5.74, 6) is -0.316. The number of nitrogens with zero attached hydrogens (tertiary/aromatic N) is 1. The van der Waals surface area contributed by atoms with Gasteiger partial charge in [-0.2, -0.15) is 0 Å². The number of hydrogen-bond acceptors (Lipinski definition) is 2. The number of benzene rings is 1. The second-order valence-corrected chi connectivity index (χ2v) is 3.81. The molecule has 3 nitrogen and oxygen atoms in total. The average molecular weight is 237 g/mol. The molecule has 17 heavy (non-hydrogen) atoms. The van der Waals surface area contributed by atoms with Crippen molar-refractivity contribution in [2.24, 2.45) is 5.73 Å². The summed E-state index contributed by atoms with van der Waals surface area (Å²) < 4.78 is 26.8. The lowest BCUT2D eigenvalue weighted by molar-refractivity contribution is 0.602. The monoisotopic (exact) mass is 237 g/mol.